The molecule has 0 saturated heterocycles. The van der Waals surface area contributed by atoms with Gasteiger partial charge >= 0.3 is 6.09 Å². The van der Waals surface area contributed by atoms with Crippen LogP contribution in [0.5, 0.6) is 5.75 Å². The summed E-state index contributed by atoms with van der Waals surface area (Å²) in [6, 6.07) is 3.70. The summed E-state index contributed by atoms with van der Waals surface area (Å²) in [5.41, 5.74) is -0.131. The highest BCUT2D eigenvalue weighted by Gasteiger charge is 2.16. The molecule has 1 N–H and O–H groups in total. The zero-order valence-electron chi connectivity index (χ0n) is 11.0. The average Bonchev–Trinajstić information content (AvgIpc) is 2.26. The number of ether oxygens (including phenoxy) is 2. The highest BCUT2D eigenvalue weighted by Crippen LogP contribution is 2.19. The van der Waals surface area contributed by atoms with Gasteiger partial charge in [-0.05, 0) is 26.8 Å². The van der Waals surface area contributed by atoms with Crippen LogP contribution in [0.2, 0.25) is 0 Å². The van der Waals surface area contributed by atoms with Gasteiger partial charge in [0.05, 0.1) is 0 Å². The minimum absolute atomic E-state index is 0.0612. The van der Waals surface area contributed by atoms with Crippen LogP contribution in [0.15, 0.2) is 18.2 Å². The molecule has 0 radical (unpaired) electrons. The number of alkyl carbamates (subject to hydrolysis) is 1. The van der Waals surface area contributed by atoms with E-state index in [1.807, 2.05) is 0 Å². The monoisotopic (exact) mass is 269 g/mol. The van der Waals surface area contributed by atoms with E-state index in [1.165, 1.54) is 12.1 Å². The van der Waals surface area contributed by atoms with Crippen LogP contribution in [0.4, 0.5) is 9.18 Å². The summed E-state index contributed by atoms with van der Waals surface area (Å²) in [6.07, 6.45) is -0.603. The van der Waals surface area contributed by atoms with E-state index >= 15 is 0 Å². The van der Waals surface area contributed by atoms with Crippen molar-refractivity contribution in [2.24, 2.45) is 0 Å². The molecule has 0 bridgehead atoms. The van der Waals surface area contributed by atoms with Crippen LogP contribution in [0.1, 0.15) is 26.3 Å². The summed E-state index contributed by atoms with van der Waals surface area (Å²) in [7, 11) is 0. The van der Waals surface area contributed by atoms with Crippen LogP contribution in [-0.2, 0) is 16.1 Å². The van der Waals surface area contributed by atoms with E-state index in [0.29, 0.717) is 5.56 Å². The lowest BCUT2D eigenvalue weighted by Crippen LogP contribution is -2.32. The van der Waals surface area contributed by atoms with Crippen LogP contribution in [0.25, 0.3) is 0 Å². The van der Waals surface area contributed by atoms with Gasteiger partial charge in [-0.25, -0.2) is 9.18 Å². The fraction of sp³-hybridized carbons (Fsp3) is 0.385. The summed E-state index contributed by atoms with van der Waals surface area (Å²) < 4.78 is 22.7. The normalized spacial score (nSPS) is 10.7. The maximum absolute atomic E-state index is 13.0. The largest absolute Gasteiger partial charge is 0.444 e. The molecule has 0 aliphatic carbocycles. The SMILES string of the molecule is CC(C)(C)OC(=O)NCc1ccc(F)cc1OC=O. The van der Waals surface area contributed by atoms with Gasteiger partial charge in [0.15, 0.2) is 0 Å². The topological polar surface area (TPSA) is 64.6 Å². The first-order chi connectivity index (χ1) is 8.81. The average molecular weight is 269 g/mol. The fourth-order valence-corrected chi connectivity index (χ4v) is 1.32. The molecule has 0 spiro atoms. The van der Waals surface area contributed by atoms with Crippen LogP contribution in [-0.4, -0.2) is 18.2 Å². The Balaban J connectivity index is 2.67. The first-order valence-corrected chi connectivity index (χ1v) is 5.67. The van der Waals surface area contributed by atoms with E-state index in [9.17, 15) is 14.0 Å². The smallest absolute Gasteiger partial charge is 0.407 e. The number of hydrogen-bond acceptors (Lipinski definition) is 4. The lowest BCUT2D eigenvalue weighted by atomic mass is 10.2. The third-order valence-corrected chi connectivity index (χ3v) is 2.03. The van der Waals surface area contributed by atoms with Crippen molar-refractivity contribution in [3.8, 4) is 5.75 Å². The van der Waals surface area contributed by atoms with E-state index in [-0.39, 0.29) is 18.8 Å². The minimum Gasteiger partial charge on any atom is -0.444 e. The molecular formula is C13H16FNO4. The number of rotatable bonds is 4. The van der Waals surface area contributed by atoms with Crippen LogP contribution < -0.4 is 10.1 Å². The van der Waals surface area contributed by atoms with Crippen molar-refractivity contribution < 1.29 is 23.5 Å². The molecule has 1 aromatic rings. The first-order valence-electron chi connectivity index (χ1n) is 5.67. The van der Waals surface area contributed by atoms with Gasteiger partial charge in [0.1, 0.15) is 17.2 Å². The van der Waals surface area contributed by atoms with Crippen molar-refractivity contribution in [2.75, 3.05) is 0 Å². The quantitative estimate of drug-likeness (QED) is 0.852. The van der Waals surface area contributed by atoms with Crippen LogP contribution >= 0.6 is 0 Å². The van der Waals surface area contributed by atoms with E-state index in [4.69, 9.17) is 4.74 Å². The van der Waals surface area contributed by atoms with Gasteiger partial charge in [0.2, 0.25) is 0 Å². The molecule has 0 saturated carbocycles. The Morgan fingerprint density at radius 2 is 2.11 bits per heavy atom. The highest BCUT2D eigenvalue weighted by molar-refractivity contribution is 5.67. The first kappa shape index (κ1) is 14.9. The lowest BCUT2D eigenvalue weighted by molar-refractivity contribution is -0.120. The Morgan fingerprint density at radius 3 is 2.68 bits per heavy atom. The highest BCUT2D eigenvalue weighted by atomic mass is 19.1. The van der Waals surface area contributed by atoms with Gasteiger partial charge in [-0.1, -0.05) is 6.07 Å². The number of benzene rings is 1. The second kappa shape index (κ2) is 6.17. The summed E-state index contributed by atoms with van der Waals surface area (Å²) in [6.45, 7) is 5.49. The molecule has 104 valence electrons. The number of carbonyl (C=O) groups excluding carboxylic acids is 2. The van der Waals surface area contributed by atoms with Gasteiger partial charge < -0.3 is 14.8 Å². The van der Waals surface area contributed by atoms with Gasteiger partial charge in [0.25, 0.3) is 6.47 Å². The molecule has 19 heavy (non-hydrogen) atoms. The molecule has 6 heteroatoms. The van der Waals surface area contributed by atoms with Gasteiger partial charge in [-0.2, -0.15) is 0 Å². The van der Waals surface area contributed by atoms with E-state index in [0.717, 1.165) is 6.07 Å². The molecule has 5 nitrogen and oxygen atoms in total. The molecule has 0 heterocycles. The van der Waals surface area contributed by atoms with Gasteiger partial charge in [-0.15, -0.1) is 0 Å². The number of carbonyl (C=O) groups is 2. The number of halogens is 1. The standard InChI is InChI=1S/C13H16FNO4/c1-13(2,3)19-12(17)15-7-9-4-5-10(14)6-11(9)18-8-16/h4-6,8H,7H2,1-3H3,(H,15,17). The summed E-state index contributed by atoms with van der Waals surface area (Å²) >= 11 is 0. The number of nitrogens with one attached hydrogen (secondary N) is 1. The maximum Gasteiger partial charge on any atom is 0.407 e. The number of hydrogen-bond donors (Lipinski definition) is 1. The van der Waals surface area contributed by atoms with Crippen molar-refractivity contribution in [1.29, 1.82) is 0 Å². The molecule has 0 aromatic heterocycles. The molecular weight excluding hydrogens is 253 g/mol. The predicted molar refractivity (Wildman–Crippen MR) is 66.2 cm³/mol. The molecule has 1 amide bonds. The molecule has 1 aromatic carbocycles. The number of amides is 1. The molecule has 1 rings (SSSR count). The Bertz CT molecular complexity index is 468. The minimum atomic E-state index is -0.603. The maximum atomic E-state index is 13.0. The zero-order valence-corrected chi connectivity index (χ0v) is 11.0. The molecule has 0 aliphatic heterocycles. The van der Waals surface area contributed by atoms with Crippen LogP contribution in [0.3, 0.4) is 0 Å². The molecule has 0 atom stereocenters. The fourth-order valence-electron chi connectivity index (χ4n) is 1.32. The predicted octanol–water partition coefficient (Wildman–Crippen LogP) is 2.39. The lowest BCUT2D eigenvalue weighted by Gasteiger charge is -2.19. The Labute approximate surface area is 110 Å². The third kappa shape index (κ3) is 5.37. The Hall–Kier alpha value is -2.11. The summed E-state index contributed by atoms with van der Waals surface area (Å²) in [4.78, 5) is 21.8. The molecule has 0 aliphatic rings. The van der Waals surface area contributed by atoms with Gasteiger partial charge in [-0.3, -0.25) is 4.79 Å². The van der Waals surface area contributed by atoms with E-state index in [2.05, 4.69) is 10.1 Å². The molecule has 0 unspecified atom stereocenters. The van der Waals surface area contributed by atoms with Crippen molar-refractivity contribution >= 4 is 12.6 Å². The van der Waals surface area contributed by atoms with Crippen molar-refractivity contribution in [1.82, 2.24) is 5.32 Å². The van der Waals surface area contributed by atoms with Crippen molar-refractivity contribution in [3.05, 3.63) is 29.6 Å². The van der Waals surface area contributed by atoms with E-state index < -0.39 is 17.5 Å². The Kier molecular flexibility index (Phi) is 4.86. The van der Waals surface area contributed by atoms with Gasteiger partial charge in [0, 0.05) is 18.2 Å². The summed E-state index contributed by atoms with van der Waals surface area (Å²) in [5, 5.41) is 2.49. The Morgan fingerprint density at radius 1 is 1.42 bits per heavy atom. The van der Waals surface area contributed by atoms with Crippen molar-refractivity contribution in [3.63, 3.8) is 0 Å². The third-order valence-electron chi connectivity index (χ3n) is 2.03. The second-order valence-electron chi connectivity index (χ2n) is 4.82. The zero-order chi connectivity index (χ0) is 14.5. The second-order valence-corrected chi connectivity index (χ2v) is 4.82. The van der Waals surface area contributed by atoms with E-state index in [1.54, 1.807) is 20.8 Å². The van der Waals surface area contributed by atoms with Crippen molar-refractivity contribution in [2.45, 2.75) is 32.9 Å². The summed E-state index contributed by atoms with van der Waals surface area (Å²) in [5.74, 6) is -0.469. The molecule has 0 fully saturated rings. The van der Waals surface area contributed by atoms with Crippen LogP contribution in [0, 0.1) is 5.82 Å².